The van der Waals surface area contributed by atoms with Gasteiger partial charge in [0.2, 0.25) is 0 Å². The van der Waals surface area contributed by atoms with Gasteiger partial charge in [-0.3, -0.25) is 14.9 Å². The van der Waals surface area contributed by atoms with Gasteiger partial charge in [0, 0.05) is 30.4 Å². The quantitative estimate of drug-likeness (QED) is 0.642. The Morgan fingerprint density at radius 1 is 1.29 bits per heavy atom. The van der Waals surface area contributed by atoms with Crippen molar-refractivity contribution in [2.75, 3.05) is 0 Å². The van der Waals surface area contributed by atoms with Crippen LogP contribution in [-0.4, -0.2) is 15.3 Å². The molecule has 0 spiro atoms. The second kappa shape index (κ2) is 5.33. The van der Waals surface area contributed by atoms with Crippen molar-refractivity contribution in [1.82, 2.24) is 4.57 Å². The zero-order valence-corrected chi connectivity index (χ0v) is 12.0. The summed E-state index contributed by atoms with van der Waals surface area (Å²) in [6, 6.07) is 4.64. The molecule has 0 bridgehead atoms. The van der Waals surface area contributed by atoms with E-state index in [-0.39, 0.29) is 18.0 Å². The number of hydrogen-bond donors (Lipinski definition) is 0. The summed E-state index contributed by atoms with van der Waals surface area (Å²) in [6.07, 6.45) is 5.97. The normalized spacial score (nSPS) is 14.0. The second-order valence-electron chi connectivity index (χ2n) is 5.14. The van der Waals surface area contributed by atoms with Crippen LogP contribution in [0.1, 0.15) is 34.3 Å². The lowest BCUT2D eigenvalue weighted by Gasteiger charge is -2.07. The molecule has 0 saturated heterocycles. The number of rotatable bonds is 3. The molecule has 6 heteroatoms. The Kier molecular flexibility index (Phi) is 3.51. The molecule has 2 aromatic rings. The molecular formula is C15H13ClN2O3. The molecule has 108 valence electrons. The molecule has 0 fully saturated rings. The molecule has 0 saturated carbocycles. The number of ketones is 1. The molecule has 0 aliphatic heterocycles. The molecule has 1 aromatic heterocycles. The van der Waals surface area contributed by atoms with Gasteiger partial charge in [-0.1, -0.05) is 17.7 Å². The van der Waals surface area contributed by atoms with Gasteiger partial charge in [0.1, 0.15) is 0 Å². The van der Waals surface area contributed by atoms with Crippen LogP contribution in [0.5, 0.6) is 0 Å². The molecule has 0 N–H and O–H groups in total. The predicted molar refractivity (Wildman–Crippen MR) is 78.9 cm³/mol. The van der Waals surface area contributed by atoms with Crippen molar-refractivity contribution in [1.29, 1.82) is 0 Å². The number of hydrogen-bond acceptors (Lipinski definition) is 3. The molecule has 0 radical (unpaired) electrons. The number of fused-ring (bicyclic) bond motifs is 1. The topological polar surface area (TPSA) is 65.1 Å². The highest BCUT2D eigenvalue weighted by molar-refractivity contribution is 6.31. The van der Waals surface area contributed by atoms with Crippen LogP contribution in [-0.2, 0) is 13.0 Å². The van der Waals surface area contributed by atoms with Crippen LogP contribution in [0.2, 0.25) is 5.02 Å². The summed E-state index contributed by atoms with van der Waals surface area (Å²) in [5.74, 6) is 0.142. The van der Waals surface area contributed by atoms with E-state index in [1.807, 2.05) is 10.8 Å². The fourth-order valence-corrected chi connectivity index (χ4v) is 2.96. The van der Waals surface area contributed by atoms with Gasteiger partial charge in [-0.25, -0.2) is 0 Å². The van der Waals surface area contributed by atoms with Crippen LogP contribution in [0.3, 0.4) is 0 Å². The van der Waals surface area contributed by atoms with E-state index in [4.69, 9.17) is 11.6 Å². The molecule has 3 rings (SSSR count). The van der Waals surface area contributed by atoms with Crippen molar-refractivity contribution in [3.8, 4) is 0 Å². The van der Waals surface area contributed by atoms with E-state index < -0.39 is 4.92 Å². The van der Waals surface area contributed by atoms with Crippen LogP contribution in [0.4, 0.5) is 5.69 Å². The average Bonchev–Trinajstić information content (AvgIpc) is 2.85. The summed E-state index contributed by atoms with van der Waals surface area (Å²) in [5.41, 5.74) is 2.21. The van der Waals surface area contributed by atoms with E-state index in [0.29, 0.717) is 17.0 Å². The van der Waals surface area contributed by atoms with E-state index in [1.54, 1.807) is 18.3 Å². The molecule has 0 unspecified atom stereocenters. The van der Waals surface area contributed by atoms with Crippen molar-refractivity contribution < 1.29 is 9.72 Å². The monoisotopic (exact) mass is 304 g/mol. The van der Waals surface area contributed by atoms with Gasteiger partial charge >= 0.3 is 0 Å². The van der Waals surface area contributed by atoms with Crippen LogP contribution in [0.25, 0.3) is 0 Å². The van der Waals surface area contributed by atoms with Crippen molar-refractivity contribution in [2.24, 2.45) is 0 Å². The molecule has 0 amide bonds. The van der Waals surface area contributed by atoms with Gasteiger partial charge in [-0.15, -0.1) is 0 Å². The zero-order chi connectivity index (χ0) is 15.0. The van der Waals surface area contributed by atoms with Gasteiger partial charge < -0.3 is 4.57 Å². The zero-order valence-electron chi connectivity index (χ0n) is 11.2. The lowest BCUT2D eigenvalue weighted by molar-refractivity contribution is -0.385. The Labute approximate surface area is 126 Å². The number of carbonyl (C=O) groups is 1. The van der Waals surface area contributed by atoms with Crippen LogP contribution in [0.15, 0.2) is 30.6 Å². The first kappa shape index (κ1) is 13.8. The maximum absolute atomic E-state index is 11.8. The molecule has 1 aliphatic carbocycles. The van der Waals surface area contributed by atoms with E-state index in [2.05, 4.69) is 0 Å². The van der Waals surface area contributed by atoms with E-state index in [9.17, 15) is 14.9 Å². The molecule has 1 aliphatic rings. The predicted octanol–water partition coefficient (Wildman–Crippen LogP) is 3.62. The second-order valence-corrected chi connectivity index (χ2v) is 5.55. The molecule has 5 nitrogen and oxygen atoms in total. The highest BCUT2D eigenvalue weighted by atomic mass is 35.5. The lowest BCUT2D eigenvalue weighted by Crippen LogP contribution is -2.07. The van der Waals surface area contributed by atoms with Gasteiger partial charge in [-0.2, -0.15) is 0 Å². The number of carbonyl (C=O) groups excluding carboxylic acids is 1. The Bertz CT molecular complexity index is 737. The first-order valence-electron chi connectivity index (χ1n) is 6.70. The molecule has 1 aromatic carbocycles. The van der Waals surface area contributed by atoms with Crippen LogP contribution >= 0.6 is 11.6 Å². The number of Topliss-reactive ketones (excluding diaryl/α,β-unsaturated/α-hetero) is 1. The minimum absolute atomic E-state index is 0.000462. The molecule has 21 heavy (non-hydrogen) atoms. The number of benzene rings is 1. The van der Waals surface area contributed by atoms with Crippen molar-refractivity contribution in [3.63, 3.8) is 0 Å². The number of nitro groups is 1. The minimum atomic E-state index is -0.435. The smallest absolute Gasteiger partial charge is 0.275 e. The number of nitrogens with zero attached hydrogens (tertiary/aromatic N) is 2. The lowest BCUT2D eigenvalue weighted by atomic mass is 9.95. The number of nitro benzene ring substituents is 1. The summed E-state index contributed by atoms with van der Waals surface area (Å²) in [4.78, 5) is 22.5. The third kappa shape index (κ3) is 2.56. The summed E-state index contributed by atoms with van der Waals surface area (Å²) in [7, 11) is 0. The van der Waals surface area contributed by atoms with Crippen LogP contribution in [0, 0.1) is 10.1 Å². The molecule has 0 atom stereocenters. The number of aromatic nitrogens is 1. The molecule has 1 heterocycles. The minimum Gasteiger partial charge on any atom is -0.349 e. The fourth-order valence-electron chi connectivity index (χ4n) is 2.73. The summed E-state index contributed by atoms with van der Waals surface area (Å²) in [6.45, 7) is 0.288. The van der Waals surface area contributed by atoms with Gasteiger partial charge in [-0.05, 0) is 24.5 Å². The fraction of sp³-hybridized carbons (Fsp3) is 0.267. The Morgan fingerprint density at radius 3 is 2.81 bits per heavy atom. The largest absolute Gasteiger partial charge is 0.349 e. The van der Waals surface area contributed by atoms with E-state index >= 15 is 0 Å². The van der Waals surface area contributed by atoms with Crippen molar-refractivity contribution >= 4 is 23.1 Å². The Balaban J connectivity index is 1.98. The average molecular weight is 305 g/mol. The third-order valence-corrected chi connectivity index (χ3v) is 4.10. The maximum atomic E-state index is 11.8. The summed E-state index contributed by atoms with van der Waals surface area (Å²) < 4.78 is 1.81. The highest BCUT2D eigenvalue weighted by Crippen LogP contribution is 2.29. The summed E-state index contributed by atoms with van der Waals surface area (Å²) in [5, 5.41) is 11.5. The van der Waals surface area contributed by atoms with Crippen molar-refractivity contribution in [2.45, 2.75) is 25.8 Å². The Hall–Kier alpha value is -2.14. The maximum Gasteiger partial charge on any atom is 0.275 e. The number of aryl methyl sites for hydroxylation is 1. The standard InChI is InChI=1S/C15H13ClN2O3/c16-13-4-2-5-14(18(20)21)12(13)9-17-7-10-3-1-6-15(19)11(10)8-17/h2,4-5,7-8H,1,3,6,9H2. The third-order valence-electron chi connectivity index (χ3n) is 3.74. The van der Waals surface area contributed by atoms with Gasteiger partial charge in [0.05, 0.1) is 22.1 Å². The highest BCUT2D eigenvalue weighted by Gasteiger charge is 2.21. The van der Waals surface area contributed by atoms with Crippen LogP contribution < -0.4 is 0 Å². The number of halogens is 1. The Morgan fingerprint density at radius 2 is 2.10 bits per heavy atom. The van der Waals surface area contributed by atoms with E-state index in [0.717, 1.165) is 24.0 Å². The SMILES string of the molecule is O=C1CCCc2cn(Cc3c(Cl)cccc3[N+](=O)[O-])cc21. The first-order valence-corrected chi connectivity index (χ1v) is 7.07. The van der Waals surface area contributed by atoms with E-state index in [1.165, 1.54) is 6.07 Å². The first-order chi connectivity index (χ1) is 10.1. The van der Waals surface area contributed by atoms with Gasteiger partial charge in [0.15, 0.2) is 5.78 Å². The van der Waals surface area contributed by atoms with Crippen molar-refractivity contribution in [3.05, 3.63) is 62.4 Å². The molecular weight excluding hydrogens is 292 g/mol. The van der Waals surface area contributed by atoms with Gasteiger partial charge in [0.25, 0.3) is 5.69 Å². The summed E-state index contributed by atoms with van der Waals surface area (Å²) >= 11 is 6.09.